The summed E-state index contributed by atoms with van der Waals surface area (Å²) < 4.78 is 0. The van der Waals surface area contributed by atoms with Gasteiger partial charge < -0.3 is 25.7 Å². The van der Waals surface area contributed by atoms with Gasteiger partial charge in [-0.25, -0.2) is 5.90 Å². The van der Waals surface area contributed by atoms with Crippen LogP contribution in [0.15, 0.2) is 24.3 Å². The standard InChI is InChI=1S/C19H26N4O10/c20-33-11-15(24)21-13-3-1-12(2-4-13)7-14(19(31)32)23(10-18(29)30)6-5-22(8-16(25)26)9-17(27)28/h1-4,14H,5-11,20H2,(H,21,24)(H,25,26)(H,27,28)(H,29,30)(H,31,32). The van der Waals surface area contributed by atoms with Gasteiger partial charge in [-0.05, 0) is 24.1 Å². The highest BCUT2D eigenvalue weighted by molar-refractivity contribution is 5.91. The van der Waals surface area contributed by atoms with Crippen molar-refractivity contribution in [2.45, 2.75) is 12.5 Å². The summed E-state index contributed by atoms with van der Waals surface area (Å²) in [4.78, 5) is 63.0. The maximum atomic E-state index is 11.9. The molecule has 0 aliphatic carbocycles. The van der Waals surface area contributed by atoms with Gasteiger partial charge in [0.25, 0.3) is 5.91 Å². The van der Waals surface area contributed by atoms with Crippen LogP contribution in [-0.4, -0.2) is 105 Å². The number of hydrogen-bond donors (Lipinski definition) is 6. The number of benzene rings is 1. The van der Waals surface area contributed by atoms with Crippen molar-refractivity contribution in [3.05, 3.63) is 29.8 Å². The van der Waals surface area contributed by atoms with E-state index in [1.807, 2.05) is 0 Å². The first-order chi connectivity index (χ1) is 15.5. The molecule has 0 fully saturated rings. The number of hydrogen-bond acceptors (Lipinski definition) is 9. The number of rotatable bonds is 16. The number of amides is 1. The summed E-state index contributed by atoms with van der Waals surface area (Å²) >= 11 is 0. The van der Waals surface area contributed by atoms with Gasteiger partial charge in [0.2, 0.25) is 0 Å². The monoisotopic (exact) mass is 470 g/mol. The van der Waals surface area contributed by atoms with E-state index in [0.29, 0.717) is 11.3 Å². The molecular formula is C19H26N4O10. The zero-order chi connectivity index (χ0) is 25.0. The molecule has 14 nitrogen and oxygen atoms in total. The van der Waals surface area contributed by atoms with E-state index in [2.05, 4.69) is 10.2 Å². The maximum Gasteiger partial charge on any atom is 0.321 e. The highest BCUT2D eigenvalue weighted by Gasteiger charge is 2.28. The van der Waals surface area contributed by atoms with Crippen LogP contribution in [-0.2, 0) is 35.2 Å². The number of carbonyl (C=O) groups is 5. The molecule has 0 saturated carbocycles. The normalized spacial score (nSPS) is 11.8. The average molecular weight is 470 g/mol. The Morgan fingerprint density at radius 1 is 0.879 bits per heavy atom. The summed E-state index contributed by atoms with van der Waals surface area (Å²) in [5, 5.41) is 39.3. The second-order valence-corrected chi connectivity index (χ2v) is 6.98. The average Bonchev–Trinajstić information content (AvgIpc) is 2.69. The van der Waals surface area contributed by atoms with Crippen LogP contribution < -0.4 is 11.2 Å². The van der Waals surface area contributed by atoms with Crippen molar-refractivity contribution in [1.29, 1.82) is 0 Å². The van der Waals surface area contributed by atoms with Crippen molar-refractivity contribution in [3.8, 4) is 0 Å². The molecule has 1 amide bonds. The summed E-state index contributed by atoms with van der Waals surface area (Å²) in [6, 6.07) is 4.85. The Balaban J connectivity index is 2.95. The lowest BCUT2D eigenvalue weighted by Crippen LogP contribution is -2.49. The predicted molar refractivity (Wildman–Crippen MR) is 111 cm³/mol. The van der Waals surface area contributed by atoms with E-state index >= 15 is 0 Å². The number of carboxylic acid groups (broad SMARTS) is 4. The zero-order valence-corrected chi connectivity index (χ0v) is 17.5. The fourth-order valence-electron chi connectivity index (χ4n) is 2.98. The Kier molecular flexibility index (Phi) is 11.4. The van der Waals surface area contributed by atoms with Crippen LogP contribution in [0.1, 0.15) is 5.56 Å². The molecule has 1 atom stereocenters. The minimum Gasteiger partial charge on any atom is -0.480 e. The van der Waals surface area contributed by atoms with Gasteiger partial charge in [-0.15, -0.1) is 0 Å². The van der Waals surface area contributed by atoms with Crippen LogP contribution in [0, 0.1) is 0 Å². The summed E-state index contributed by atoms with van der Waals surface area (Å²) in [6.07, 6.45) is -0.0966. The molecule has 33 heavy (non-hydrogen) atoms. The second-order valence-electron chi connectivity index (χ2n) is 6.98. The third-order valence-corrected chi connectivity index (χ3v) is 4.37. The minimum atomic E-state index is -1.31. The highest BCUT2D eigenvalue weighted by atomic mass is 16.6. The first-order valence-electron chi connectivity index (χ1n) is 9.56. The third kappa shape index (κ3) is 11.0. The summed E-state index contributed by atoms with van der Waals surface area (Å²) in [6.45, 7) is -2.59. The molecule has 0 aromatic heterocycles. The van der Waals surface area contributed by atoms with E-state index in [1.165, 1.54) is 12.1 Å². The van der Waals surface area contributed by atoms with Crippen molar-refractivity contribution in [1.82, 2.24) is 9.80 Å². The van der Waals surface area contributed by atoms with E-state index in [0.717, 1.165) is 9.80 Å². The number of carboxylic acids is 4. The van der Waals surface area contributed by atoms with Crippen molar-refractivity contribution < 1.29 is 49.2 Å². The molecular weight excluding hydrogens is 444 g/mol. The van der Waals surface area contributed by atoms with Crippen LogP contribution in [0.4, 0.5) is 5.69 Å². The molecule has 1 aromatic rings. The molecule has 0 bridgehead atoms. The zero-order valence-electron chi connectivity index (χ0n) is 17.5. The van der Waals surface area contributed by atoms with Crippen LogP contribution >= 0.6 is 0 Å². The number of carbonyl (C=O) groups excluding carboxylic acids is 1. The first-order valence-corrected chi connectivity index (χ1v) is 9.56. The fraction of sp³-hybridized carbons (Fsp3) is 0.421. The van der Waals surface area contributed by atoms with Gasteiger partial charge in [-0.2, -0.15) is 0 Å². The third-order valence-electron chi connectivity index (χ3n) is 4.37. The molecule has 0 radical (unpaired) electrons. The molecule has 1 aromatic carbocycles. The predicted octanol–water partition coefficient (Wildman–Crippen LogP) is -1.63. The number of aliphatic carboxylic acids is 4. The van der Waals surface area contributed by atoms with E-state index in [1.54, 1.807) is 12.1 Å². The maximum absolute atomic E-state index is 11.9. The van der Waals surface area contributed by atoms with E-state index < -0.39 is 55.5 Å². The van der Waals surface area contributed by atoms with Gasteiger partial charge in [0.1, 0.15) is 12.6 Å². The lowest BCUT2D eigenvalue weighted by atomic mass is 10.0. The first kappa shape index (κ1) is 27.4. The molecule has 1 unspecified atom stereocenters. The van der Waals surface area contributed by atoms with Crippen LogP contribution in [0.3, 0.4) is 0 Å². The van der Waals surface area contributed by atoms with Crippen LogP contribution in [0.25, 0.3) is 0 Å². The largest absolute Gasteiger partial charge is 0.480 e. The molecule has 1 rings (SSSR count). The summed E-state index contributed by atoms with van der Waals surface area (Å²) in [7, 11) is 0. The summed E-state index contributed by atoms with van der Waals surface area (Å²) in [5.74, 6) is -0.836. The molecule has 0 aliphatic heterocycles. The number of nitrogens with one attached hydrogen (secondary N) is 1. The lowest BCUT2D eigenvalue weighted by molar-refractivity contribution is -0.148. The Morgan fingerprint density at radius 2 is 1.42 bits per heavy atom. The molecule has 0 spiro atoms. The van der Waals surface area contributed by atoms with Gasteiger partial charge in [0.05, 0.1) is 19.6 Å². The van der Waals surface area contributed by atoms with Gasteiger partial charge in [0.15, 0.2) is 0 Å². The van der Waals surface area contributed by atoms with Crippen LogP contribution in [0.5, 0.6) is 0 Å². The molecule has 0 aliphatic rings. The van der Waals surface area contributed by atoms with Crippen molar-refractivity contribution in [2.24, 2.45) is 5.90 Å². The molecule has 0 saturated heterocycles. The van der Waals surface area contributed by atoms with Gasteiger partial charge in [-0.3, -0.25) is 38.6 Å². The molecule has 0 heterocycles. The van der Waals surface area contributed by atoms with E-state index in [-0.39, 0.29) is 26.1 Å². The van der Waals surface area contributed by atoms with Crippen molar-refractivity contribution in [3.63, 3.8) is 0 Å². The lowest BCUT2D eigenvalue weighted by Gasteiger charge is -2.29. The highest BCUT2D eigenvalue weighted by Crippen LogP contribution is 2.14. The molecule has 14 heteroatoms. The number of nitrogens with zero attached hydrogens (tertiary/aromatic N) is 2. The smallest absolute Gasteiger partial charge is 0.321 e. The quantitative estimate of drug-likeness (QED) is 0.150. The Bertz CT molecular complexity index is 829. The Labute approximate surface area is 188 Å². The van der Waals surface area contributed by atoms with Crippen molar-refractivity contribution >= 4 is 35.5 Å². The number of nitrogens with two attached hydrogens (primary N) is 1. The van der Waals surface area contributed by atoms with Gasteiger partial charge >= 0.3 is 23.9 Å². The van der Waals surface area contributed by atoms with Gasteiger partial charge in [-0.1, -0.05) is 12.1 Å². The van der Waals surface area contributed by atoms with Crippen LogP contribution in [0.2, 0.25) is 0 Å². The van der Waals surface area contributed by atoms with E-state index in [9.17, 15) is 34.2 Å². The van der Waals surface area contributed by atoms with Crippen molar-refractivity contribution in [2.75, 3.05) is 44.6 Å². The second kappa shape index (κ2) is 13.7. The molecule has 7 N–H and O–H groups in total. The Hall–Kier alpha value is -3.59. The molecule has 182 valence electrons. The van der Waals surface area contributed by atoms with E-state index in [4.69, 9.17) is 16.1 Å². The Morgan fingerprint density at radius 3 is 1.88 bits per heavy atom. The fourth-order valence-corrected chi connectivity index (χ4v) is 2.98. The minimum absolute atomic E-state index is 0.0966. The number of anilines is 1. The van der Waals surface area contributed by atoms with Gasteiger partial charge in [0, 0.05) is 18.8 Å². The topological polar surface area (TPSA) is 220 Å². The summed E-state index contributed by atoms with van der Waals surface area (Å²) in [5.41, 5.74) is 0.937. The SMILES string of the molecule is NOCC(=O)Nc1ccc(CC(C(=O)O)N(CCN(CC(=O)O)CC(=O)O)CC(=O)O)cc1.